The molecule has 0 saturated heterocycles. The van der Waals surface area contributed by atoms with Crippen molar-refractivity contribution in [3.63, 3.8) is 0 Å². The van der Waals surface area contributed by atoms with Crippen LogP contribution in [0.3, 0.4) is 0 Å². The van der Waals surface area contributed by atoms with Gasteiger partial charge in [0.05, 0.1) is 6.10 Å². The van der Waals surface area contributed by atoms with Crippen LogP contribution >= 0.6 is 0 Å². The molecule has 1 amide bonds. The number of carbonyl (C=O) groups excluding carboxylic acids is 1. The molecule has 4 heteroatoms. The summed E-state index contributed by atoms with van der Waals surface area (Å²) in [5.74, 6) is 0.662. The second-order valence-corrected chi connectivity index (χ2v) is 5.86. The minimum atomic E-state index is 0.0237. The van der Waals surface area contributed by atoms with Crippen molar-refractivity contribution in [3.05, 3.63) is 29.8 Å². The SMILES string of the molecule is CC(C)CC(C)OCCCC(=O)Nc1ccc(CN)cc1. The van der Waals surface area contributed by atoms with Gasteiger partial charge in [0.2, 0.25) is 5.91 Å². The highest BCUT2D eigenvalue weighted by atomic mass is 16.5. The molecule has 0 spiro atoms. The normalized spacial score (nSPS) is 12.4. The molecule has 0 aliphatic rings. The fraction of sp³-hybridized carbons (Fsp3) is 0.588. The van der Waals surface area contributed by atoms with Gasteiger partial charge in [0.15, 0.2) is 0 Å². The van der Waals surface area contributed by atoms with Gasteiger partial charge in [-0.2, -0.15) is 0 Å². The van der Waals surface area contributed by atoms with E-state index in [0.717, 1.165) is 24.1 Å². The maximum atomic E-state index is 11.8. The minimum absolute atomic E-state index is 0.0237. The summed E-state index contributed by atoms with van der Waals surface area (Å²) >= 11 is 0. The van der Waals surface area contributed by atoms with E-state index in [0.29, 0.717) is 25.5 Å². The highest BCUT2D eigenvalue weighted by molar-refractivity contribution is 5.90. The van der Waals surface area contributed by atoms with Crippen molar-refractivity contribution < 1.29 is 9.53 Å². The molecule has 0 aliphatic carbocycles. The summed E-state index contributed by atoms with van der Waals surface area (Å²) in [4.78, 5) is 11.8. The zero-order chi connectivity index (χ0) is 15.7. The molecule has 0 aliphatic heterocycles. The summed E-state index contributed by atoms with van der Waals surface area (Å²) < 4.78 is 5.69. The second kappa shape index (κ2) is 9.53. The lowest BCUT2D eigenvalue weighted by Crippen LogP contribution is -2.15. The molecule has 0 aromatic heterocycles. The van der Waals surface area contributed by atoms with Crippen LogP contribution in [0, 0.1) is 5.92 Å². The summed E-state index contributed by atoms with van der Waals surface area (Å²) in [6.45, 7) is 7.60. The predicted octanol–water partition coefficient (Wildman–Crippen LogP) is 3.32. The molecular formula is C17H28N2O2. The molecule has 0 bridgehead atoms. The fourth-order valence-electron chi connectivity index (χ4n) is 2.20. The molecule has 1 rings (SSSR count). The number of ether oxygens (including phenoxy) is 1. The third-order valence-corrected chi connectivity index (χ3v) is 3.23. The number of nitrogens with two attached hydrogens (primary N) is 1. The molecule has 21 heavy (non-hydrogen) atoms. The summed E-state index contributed by atoms with van der Waals surface area (Å²) in [7, 11) is 0. The summed E-state index contributed by atoms with van der Waals surface area (Å²) in [6.07, 6.45) is 2.54. The van der Waals surface area contributed by atoms with Crippen molar-refractivity contribution >= 4 is 11.6 Å². The number of amides is 1. The second-order valence-electron chi connectivity index (χ2n) is 5.86. The van der Waals surface area contributed by atoms with Crippen LogP contribution in [0.15, 0.2) is 24.3 Å². The van der Waals surface area contributed by atoms with Crippen LogP contribution in [0.5, 0.6) is 0 Å². The van der Waals surface area contributed by atoms with E-state index in [1.165, 1.54) is 0 Å². The van der Waals surface area contributed by atoms with E-state index in [-0.39, 0.29) is 12.0 Å². The van der Waals surface area contributed by atoms with Crippen LogP contribution in [-0.4, -0.2) is 18.6 Å². The van der Waals surface area contributed by atoms with Gasteiger partial charge in [0, 0.05) is 25.3 Å². The quantitative estimate of drug-likeness (QED) is 0.686. The van der Waals surface area contributed by atoms with Crippen molar-refractivity contribution in [2.75, 3.05) is 11.9 Å². The third-order valence-electron chi connectivity index (χ3n) is 3.23. The highest BCUT2D eigenvalue weighted by Crippen LogP contribution is 2.11. The zero-order valence-corrected chi connectivity index (χ0v) is 13.4. The first-order valence-electron chi connectivity index (χ1n) is 7.71. The zero-order valence-electron chi connectivity index (χ0n) is 13.4. The number of benzene rings is 1. The van der Waals surface area contributed by atoms with E-state index in [2.05, 4.69) is 26.1 Å². The van der Waals surface area contributed by atoms with Gasteiger partial charge >= 0.3 is 0 Å². The Morgan fingerprint density at radius 2 is 1.90 bits per heavy atom. The van der Waals surface area contributed by atoms with E-state index in [9.17, 15) is 4.79 Å². The van der Waals surface area contributed by atoms with Gasteiger partial charge in [-0.15, -0.1) is 0 Å². The van der Waals surface area contributed by atoms with E-state index in [1.807, 2.05) is 24.3 Å². The summed E-state index contributed by atoms with van der Waals surface area (Å²) in [5, 5.41) is 2.88. The van der Waals surface area contributed by atoms with Crippen LogP contribution in [0.2, 0.25) is 0 Å². The lowest BCUT2D eigenvalue weighted by molar-refractivity contribution is -0.116. The van der Waals surface area contributed by atoms with Gasteiger partial charge in [-0.25, -0.2) is 0 Å². The van der Waals surface area contributed by atoms with E-state index in [1.54, 1.807) is 0 Å². The Morgan fingerprint density at radius 3 is 2.48 bits per heavy atom. The van der Waals surface area contributed by atoms with Gasteiger partial charge < -0.3 is 15.8 Å². The van der Waals surface area contributed by atoms with Crippen LogP contribution in [0.4, 0.5) is 5.69 Å². The molecule has 0 heterocycles. The van der Waals surface area contributed by atoms with Gasteiger partial charge in [0.25, 0.3) is 0 Å². The number of carbonyl (C=O) groups is 1. The van der Waals surface area contributed by atoms with Gasteiger partial charge in [-0.1, -0.05) is 26.0 Å². The van der Waals surface area contributed by atoms with Crippen LogP contribution in [0.1, 0.15) is 45.6 Å². The first-order valence-corrected chi connectivity index (χ1v) is 7.71. The molecular weight excluding hydrogens is 264 g/mol. The molecule has 1 aromatic carbocycles. The Balaban J connectivity index is 2.18. The van der Waals surface area contributed by atoms with Crippen LogP contribution in [0.25, 0.3) is 0 Å². The monoisotopic (exact) mass is 292 g/mol. The van der Waals surface area contributed by atoms with Gasteiger partial charge in [-0.05, 0) is 43.4 Å². The van der Waals surface area contributed by atoms with Crippen molar-refractivity contribution in [3.8, 4) is 0 Å². The third kappa shape index (κ3) is 7.83. The number of nitrogens with one attached hydrogen (secondary N) is 1. The standard InChI is InChI=1S/C17H28N2O2/c1-13(2)11-14(3)21-10-4-5-17(20)19-16-8-6-15(12-18)7-9-16/h6-9,13-14H,4-5,10-12,18H2,1-3H3,(H,19,20). The van der Waals surface area contributed by atoms with Crippen molar-refractivity contribution in [1.29, 1.82) is 0 Å². The Bertz CT molecular complexity index is 415. The smallest absolute Gasteiger partial charge is 0.224 e. The first kappa shape index (κ1) is 17.7. The summed E-state index contributed by atoms with van der Waals surface area (Å²) in [5.41, 5.74) is 7.40. The Morgan fingerprint density at radius 1 is 1.24 bits per heavy atom. The van der Waals surface area contributed by atoms with Crippen molar-refractivity contribution in [2.45, 2.75) is 52.7 Å². The number of hydrogen-bond acceptors (Lipinski definition) is 3. The molecule has 3 N–H and O–H groups in total. The molecule has 4 nitrogen and oxygen atoms in total. The topological polar surface area (TPSA) is 64.3 Å². The van der Waals surface area contributed by atoms with E-state index in [4.69, 9.17) is 10.5 Å². The minimum Gasteiger partial charge on any atom is -0.378 e. The molecule has 0 fully saturated rings. The number of rotatable bonds is 9. The maximum absolute atomic E-state index is 11.8. The van der Waals surface area contributed by atoms with Crippen LogP contribution in [-0.2, 0) is 16.1 Å². The molecule has 1 aromatic rings. The lowest BCUT2D eigenvalue weighted by Gasteiger charge is -2.14. The van der Waals surface area contributed by atoms with Gasteiger partial charge in [-0.3, -0.25) is 4.79 Å². The van der Waals surface area contributed by atoms with Crippen molar-refractivity contribution in [1.82, 2.24) is 0 Å². The highest BCUT2D eigenvalue weighted by Gasteiger charge is 2.06. The molecule has 0 radical (unpaired) electrons. The average Bonchev–Trinajstić information content (AvgIpc) is 2.44. The Labute approximate surface area is 128 Å². The Kier molecular flexibility index (Phi) is 8.01. The molecule has 118 valence electrons. The Hall–Kier alpha value is -1.39. The van der Waals surface area contributed by atoms with Crippen LogP contribution < -0.4 is 11.1 Å². The summed E-state index contributed by atoms with van der Waals surface area (Å²) in [6, 6.07) is 7.60. The fourth-order valence-corrected chi connectivity index (χ4v) is 2.20. The first-order chi connectivity index (χ1) is 10.0. The molecule has 1 unspecified atom stereocenters. The maximum Gasteiger partial charge on any atom is 0.224 e. The largest absolute Gasteiger partial charge is 0.378 e. The van der Waals surface area contributed by atoms with Gasteiger partial charge in [0.1, 0.15) is 0 Å². The van der Waals surface area contributed by atoms with Crippen molar-refractivity contribution in [2.24, 2.45) is 11.7 Å². The molecule has 1 atom stereocenters. The number of hydrogen-bond donors (Lipinski definition) is 2. The molecule has 0 saturated carbocycles. The predicted molar refractivity (Wildman–Crippen MR) is 87.1 cm³/mol. The average molecular weight is 292 g/mol. The van der Waals surface area contributed by atoms with E-state index < -0.39 is 0 Å². The van der Waals surface area contributed by atoms with E-state index >= 15 is 0 Å². The number of anilines is 1. The lowest BCUT2D eigenvalue weighted by atomic mass is 10.1.